The summed E-state index contributed by atoms with van der Waals surface area (Å²) in [6.07, 6.45) is 0. The number of rotatable bonds is 4. The lowest BCUT2D eigenvalue weighted by atomic mass is 10.2. The zero-order chi connectivity index (χ0) is 16.4. The molecule has 0 fully saturated rings. The monoisotopic (exact) mass is 308 g/mol. The Morgan fingerprint density at radius 1 is 1.22 bits per heavy atom. The number of aryl methyl sites for hydroxylation is 1. The molecule has 23 heavy (non-hydrogen) atoms. The van der Waals surface area contributed by atoms with Crippen LogP contribution in [0.2, 0.25) is 0 Å². The van der Waals surface area contributed by atoms with E-state index in [9.17, 15) is 4.79 Å². The van der Waals surface area contributed by atoms with Gasteiger partial charge in [0.15, 0.2) is 0 Å². The largest absolute Gasteiger partial charge is 0.378 e. The number of aromatic nitrogens is 2. The molecule has 0 atom stereocenters. The van der Waals surface area contributed by atoms with Crippen molar-refractivity contribution < 1.29 is 4.79 Å². The number of aromatic amines is 1. The van der Waals surface area contributed by atoms with Crippen LogP contribution in [-0.4, -0.2) is 30.0 Å². The number of hydrogen-bond acceptors (Lipinski definition) is 3. The Bertz CT molecular complexity index is 851. The number of nitrogens with one attached hydrogen (secondary N) is 2. The lowest BCUT2D eigenvalue weighted by Crippen LogP contribution is -2.23. The second-order valence-electron chi connectivity index (χ2n) is 5.83. The maximum atomic E-state index is 12.3. The predicted octanol–water partition coefficient (Wildman–Crippen LogP) is 2.87. The molecule has 1 aromatic heterocycles. The zero-order valence-corrected chi connectivity index (χ0v) is 13.6. The summed E-state index contributed by atoms with van der Waals surface area (Å²) in [7, 11) is 3.90. The lowest BCUT2D eigenvalue weighted by molar-refractivity contribution is 0.0950. The molecule has 0 saturated carbocycles. The summed E-state index contributed by atoms with van der Waals surface area (Å²) in [5.74, 6) is 0.646. The third-order valence-electron chi connectivity index (χ3n) is 3.73. The second kappa shape index (κ2) is 6.12. The summed E-state index contributed by atoms with van der Waals surface area (Å²) < 4.78 is 0. The van der Waals surface area contributed by atoms with E-state index in [0.29, 0.717) is 12.1 Å². The van der Waals surface area contributed by atoms with Crippen LogP contribution in [0.15, 0.2) is 42.5 Å². The van der Waals surface area contributed by atoms with E-state index in [1.165, 1.54) is 5.56 Å². The van der Waals surface area contributed by atoms with Crippen molar-refractivity contribution in [1.29, 1.82) is 0 Å². The van der Waals surface area contributed by atoms with Crippen LogP contribution in [0.25, 0.3) is 11.0 Å². The fourth-order valence-electron chi connectivity index (χ4n) is 2.45. The SMILES string of the molecule is Cc1ccc2nc(CNC(=O)c3cccc(N(C)C)c3)[nH]c2c1. The van der Waals surface area contributed by atoms with Gasteiger partial charge in [-0.3, -0.25) is 4.79 Å². The Labute approximate surface area is 135 Å². The summed E-state index contributed by atoms with van der Waals surface area (Å²) in [6.45, 7) is 2.41. The number of nitrogens with zero attached hydrogens (tertiary/aromatic N) is 2. The molecule has 0 aliphatic heterocycles. The van der Waals surface area contributed by atoms with Gasteiger partial charge in [-0.1, -0.05) is 12.1 Å². The van der Waals surface area contributed by atoms with Crippen molar-refractivity contribution in [2.24, 2.45) is 0 Å². The zero-order valence-electron chi connectivity index (χ0n) is 13.6. The van der Waals surface area contributed by atoms with Gasteiger partial charge in [0.2, 0.25) is 0 Å². The fourth-order valence-corrected chi connectivity index (χ4v) is 2.45. The standard InChI is InChI=1S/C18H20N4O/c1-12-7-8-15-16(9-12)21-17(20-15)11-19-18(23)13-5-4-6-14(10-13)22(2)3/h4-10H,11H2,1-3H3,(H,19,23)(H,20,21). The summed E-state index contributed by atoms with van der Waals surface area (Å²) in [5, 5.41) is 2.91. The number of H-pyrrole nitrogens is 1. The molecule has 0 bridgehead atoms. The molecule has 3 aromatic rings. The van der Waals surface area contributed by atoms with Crippen molar-refractivity contribution >= 4 is 22.6 Å². The highest BCUT2D eigenvalue weighted by Gasteiger charge is 2.09. The lowest BCUT2D eigenvalue weighted by Gasteiger charge is -2.13. The molecule has 1 heterocycles. The first-order valence-electron chi connectivity index (χ1n) is 7.54. The molecular formula is C18H20N4O. The number of carbonyl (C=O) groups is 1. The highest BCUT2D eigenvalue weighted by molar-refractivity contribution is 5.95. The first kappa shape index (κ1) is 15.1. The minimum absolute atomic E-state index is 0.106. The van der Waals surface area contributed by atoms with Crippen LogP contribution < -0.4 is 10.2 Å². The summed E-state index contributed by atoms with van der Waals surface area (Å²) >= 11 is 0. The van der Waals surface area contributed by atoms with Gasteiger partial charge in [-0.05, 0) is 42.8 Å². The van der Waals surface area contributed by atoms with Gasteiger partial charge in [0, 0.05) is 25.3 Å². The molecule has 2 aromatic carbocycles. The maximum Gasteiger partial charge on any atom is 0.251 e. The van der Waals surface area contributed by atoms with E-state index < -0.39 is 0 Å². The van der Waals surface area contributed by atoms with Gasteiger partial charge in [-0.25, -0.2) is 4.98 Å². The van der Waals surface area contributed by atoms with E-state index in [1.807, 2.05) is 68.4 Å². The van der Waals surface area contributed by atoms with Crippen molar-refractivity contribution in [3.8, 4) is 0 Å². The molecule has 0 saturated heterocycles. The van der Waals surface area contributed by atoms with Crippen LogP contribution in [0.3, 0.4) is 0 Å². The third-order valence-corrected chi connectivity index (χ3v) is 3.73. The molecule has 0 spiro atoms. The van der Waals surface area contributed by atoms with Crippen LogP contribution in [0.5, 0.6) is 0 Å². The Kier molecular flexibility index (Phi) is 4.02. The normalized spacial score (nSPS) is 10.7. The molecule has 0 unspecified atom stereocenters. The first-order chi connectivity index (χ1) is 11.0. The van der Waals surface area contributed by atoms with Gasteiger partial charge >= 0.3 is 0 Å². The number of benzene rings is 2. The average Bonchev–Trinajstić information content (AvgIpc) is 2.94. The topological polar surface area (TPSA) is 61.0 Å². The summed E-state index contributed by atoms with van der Waals surface area (Å²) in [5.41, 5.74) is 4.72. The van der Waals surface area contributed by atoms with Crippen molar-refractivity contribution in [3.63, 3.8) is 0 Å². The van der Waals surface area contributed by atoms with Crippen LogP contribution in [0.4, 0.5) is 5.69 Å². The minimum Gasteiger partial charge on any atom is -0.378 e. The van der Waals surface area contributed by atoms with Gasteiger partial charge in [0.25, 0.3) is 5.91 Å². The van der Waals surface area contributed by atoms with Gasteiger partial charge in [0.05, 0.1) is 17.6 Å². The Hall–Kier alpha value is -2.82. The van der Waals surface area contributed by atoms with Crippen molar-refractivity contribution in [1.82, 2.24) is 15.3 Å². The Balaban J connectivity index is 1.71. The molecule has 3 rings (SSSR count). The second-order valence-corrected chi connectivity index (χ2v) is 5.83. The molecule has 5 nitrogen and oxygen atoms in total. The fraction of sp³-hybridized carbons (Fsp3) is 0.222. The Morgan fingerprint density at radius 3 is 2.83 bits per heavy atom. The van der Waals surface area contributed by atoms with Crippen molar-refractivity contribution in [3.05, 3.63) is 59.4 Å². The van der Waals surface area contributed by atoms with E-state index in [2.05, 4.69) is 15.3 Å². The van der Waals surface area contributed by atoms with Crippen LogP contribution in [-0.2, 0) is 6.54 Å². The summed E-state index contributed by atoms with van der Waals surface area (Å²) in [6, 6.07) is 13.6. The quantitative estimate of drug-likeness (QED) is 0.779. The number of imidazole rings is 1. The van der Waals surface area contributed by atoms with Crippen LogP contribution >= 0.6 is 0 Å². The minimum atomic E-state index is -0.106. The number of amides is 1. The van der Waals surface area contributed by atoms with Gasteiger partial charge in [-0.15, -0.1) is 0 Å². The average molecular weight is 308 g/mol. The van der Waals surface area contributed by atoms with Gasteiger partial charge in [0.1, 0.15) is 5.82 Å². The van der Waals surface area contributed by atoms with Crippen molar-refractivity contribution in [2.45, 2.75) is 13.5 Å². The molecule has 5 heteroatoms. The molecule has 2 N–H and O–H groups in total. The van der Waals surface area contributed by atoms with Crippen LogP contribution in [0, 0.1) is 6.92 Å². The number of anilines is 1. The van der Waals surface area contributed by atoms with E-state index in [0.717, 1.165) is 22.5 Å². The number of fused-ring (bicyclic) bond motifs is 1. The predicted molar refractivity (Wildman–Crippen MR) is 92.8 cm³/mol. The van der Waals surface area contributed by atoms with Gasteiger partial charge in [-0.2, -0.15) is 0 Å². The van der Waals surface area contributed by atoms with E-state index in [1.54, 1.807) is 0 Å². The first-order valence-corrected chi connectivity index (χ1v) is 7.54. The molecule has 0 aliphatic carbocycles. The molecule has 0 radical (unpaired) electrons. The number of carbonyl (C=O) groups excluding carboxylic acids is 1. The third kappa shape index (κ3) is 3.34. The summed E-state index contributed by atoms with van der Waals surface area (Å²) in [4.78, 5) is 22.0. The smallest absolute Gasteiger partial charge is 0.251 e. The highest BCUT2D eigenvalue weighted by Crippen LogP contribution is 2.15. The maximum absolute atomic E-state index is 12.3. The van der Waals surface area contributed by atoms with Crippen LogP contribution in [0.1, 0.15) is 21.7 Å². The van der Waals surface area contributed by atoms with E-state index in [4.69, 9.17) is 0 Å². The van der Waals surface area contributed by atoms with E-state index in [-0.39, 0.29) is 5.91 Å². The number of hydrogen-bond donors (Lipinski definition) is 2. The van der Waals surface area contributed by atoms with E-state index >= 15 is 0 Å². The Morgan fingerprint density at radius 2 is 2.04 bits per heavy atom. The molecule has 0 aliphatic rings. The molecule has 1 amide bonds. The van der Waals surface area contributed by atoms with Gasteiger partial charge < -0.3 is 15.2 Å². The van der Waals surface area contributed by atoms with Crippen molar-refractivity contribution in [2.75, 3.05) is 19.0 Å². The highest BCUT2D eigenvalue weighted by atomic mass is 16.1. The molecular weight excluding hydrogens is 288 g/mol. The molecule has 118 valence electrons.